The molecule has 0 unspecified atom stereocenters. The molecule has 94 valence electrons. The van der Waals surface area contributed by atoms with Gasteiger partial charge in [-0.15, -0.1) is 0 Å². The maximum Gasteiger partial charge on any atom is 0.287 e. The highest BCUT2D eigenvalue weighted by Crippen LogP contribution is 2.29. The zero-order chi connectivity index (χ0) is 13.4. The van der Waals surface area contributed by atoms with E-state index in [1.807, 2.05) is 0 Å². The average Bonchev–Trinajstić information content (AvgIpc) is 2.33. The molecule has 0 aliphatic carbocycles. The van der Waals surface area contributed by atoms with Crippen LogP contribution in [0.15, 0.2) is 21.4 Å². The summed E-state index contributed by atoms with van der Waals surface area (Å²) in [6.07, 6.45) is 0. The summed E-state index contributed by atoms with van der Waals surface area (Å²) < 4.78 is 39.2. The second kappa shape index (κ2) is 4.56. The minimum Gasteiger partial charge on any atom is -0.304 e. The van der Waals surface area contributed by atoms with E-state index in [4.69, 9.17) is 0 Å². The lowest BCUT2D eigenvalue weighted by atomic mass is 10.2. The van der Waals surface area contributed by atoms with Gasteiger partial charge in [0.05, 0.1) is 10.2 Å². The number of rotatable bonds is 1. The van der Waals surface area contributed by atoms with E-state index in [-0.39, 0.29) is 21.6 Å². The summed E-state index contributed by atoms with van der Waals surface area (Å²) in [6, 6.07) is 2.13. The van der Waals surface area contributed by atoms with Crippen molar-refractivity contribution in [3.05, 3.63) is 50.1 Å². The molecular formula is C11H6BrF3N2O. The zero-order valence-electron chi connectivity index (χ0n) is 9.02. The smallest absolute Gasteiger partial charge is 0.287 e. The molecule has 0 bridgehead atoms. The lowest BCUT2D eigenvalue weighted by molar-refractivity contribution is 0.504. The van der Waals surface area contributed by atoms with Crippen LogP contribution in [0.5, 0.6) is 0 Å². The van der Waals surface area contributed by atoms with E-state index in [1.165, 1.54) is 13.0 Å². The van der Waals surface area contributed by atoms with Crippen LogP contribution in [0.3, 0.4) is 0 Å². The van der Waals surface area contributed by atoms with E-state index in [2.05, 4.69) is 25.9 Å². The van der Waals surface area contributed by atoms with Crippen LogP contribution in [-0.2, 0) is 0 Å². The Morgan fingerprint density at radius 1 is 1.22 bits per heavy atom. The lowest BCUT2D eigenvalue weighted by Crippen LogP contribution is -2.15. The standard InChI is InChI=1S/C11H6BrF3N2O/c1-4-8(14)11(18)17-10(16-4)5-2-3-6(13)9(15)7(5)12/h2-3H,1H3,(H,16,17,18). The Morgan fingerprint density at radius 3 is 2.50 bits per heavy atom. The molecule has 2 rings (SSSR count). The molecule has 0 fully saturated rings. The first-order chi connectivity index (χ1) is 8.41. The Balaban J connectivity index is 2.70. The van der Waals surface area contributed by atoms with Crippen molar-refractivity contribution in [1.29, 1.82) is 0 Å². The number of nitrogens with one attached hydrogen (secondary N) is 1. The molecule has 1 N–H and O–H groups in total. The van der Waals surface area contributed by atoms with Crippen LogP contribution in [0, 0.1) is 24.4 Å². The van der Waals surface area contributed by atoms with Crippen molar-refractivity contribution in [2.45, 2.75) is 6.92 Å². The molecule has 1 heterocycles. The van der Waals surface area contributed by atoms with E-state index in [9.17, 15) is 18.0 Å². The lowest BCUT2D eigenvalue weighted by Gasteiger charge is -2.06. The molecule has 2 aromatic rings. The van der Waals surface area contributed by atoms with Gasteiger partial charge in [-0.05, 0) is 35.0 Å². The number of hydrogen-bond acceptors (Lipinski definition) is 2. The number of aromatic nitrogens is 2. The fourth-order valence-corrected chi connectivity index (χ4v) is 1.92. The minimum absolute atomic E-state index is 0.0373. The molecule has 0 spiro atoms. The van der Waals surface area contributed by atoms with Crippen LogP contribution in [-0.4, -0.2) is 9.97 Å². The largest absolute Gasteiger partial charge is 0.304 e. The van der Waals surface area contributed by atoms with E-state index in [0.717, 1.165) is 6.07 Å². The number of H-pyrrole nitrogens is 1. The SMILES string of the molecule is Cc1nc(-c2ccc(F)c(F)c2Br)[nH]c(=O)c1F. The van der Waals surface area contributed by atoms with Crippen molar-refractivity contribution >= 4 is 15.9 Å². The van der Waals surface area contributed by atoms with Crippen LogP contribution in [0.4, 0.5) is 13.2 Å². The van der Waals surface area contributed by atoms with Crippen LogP contribution < -0.4 is 5.56 Å². The number of benzene rings is 1. The normalized spacial score (nSPS) is 10.7. The van der Waals surface area contributed by atoms with Crippen LogP contribution >= 0.6 is 15.9 Å². The van der Waals surface area contributed by atoms with Gasteiger partial charge in [0.1, 0.15) is 5.82 Å². The number of aromatic amines is 1. The number of aryl methyl sites for hydroxylation is 1. The molecule has 0 radical (unpaired) electrons. The number of halogens is 4. The molecule has 18 heavy (non-hydrogen) atoms. The van der Waals surface area contributed by atoms with Gasteiger partial charge in [0, 0.05) is 5.56 Å². The second-order valence-electron chi connectivity index (χ2n) is 3.54. The molecule has 1 aromatic heterocycles. The topological polar surface area (TPSA) is 45.8 Å². The van der Waals surface area contributed by atoms with Gasteiger partial charge in [-0.2, -0.15) is 4.39 Å². The molecule has 0 saturated carbocycles. The third kappa shape index (κ3) is 2.05. The minimum atomic E-state index is -1.10. The third-order valence-corrected chi connectivity index (χ3v) is 3.09. The Kier molecular flexibility index (Phi) is 3.25. The molecule has 3 nitrogen and oxygen atoms in total. The summed E-state index contributed by atoms with van der Waals surface area (Å²) in [5.41, 5.74) is -0.950. The summed E-state index contributed by atoms with van der Waals surface area (Å²) in [6.45, 7) is 1.31. The van der Waals surface area contributed by atoms with Crippen LogP contribution in [0.2, 0.25) is 0 Å². The predicted octanol–water partition coefficient (Wildman–Crippen LogP) is 2.93. The van der Waals surface area contributed by atoms with Crippen molar-refractivity contribution in [3.63, 3.8) is 0 Å². The Hall–Kier alpha value is -1.63. The highest BCUT2D eigenvalue weighted by Gasteiger charge is 2.16. The van der Waals surface area contributed by atoms with Gasteiger partial charge < -0.3 is 4.98 Å². The van der Waals surface area contributed by atoms with Gasteiger partial charge in [0.25, 0.3) is 5.56 Å². The molecule has 1 aromatic carbocycles. The highest BCUT2D eigenvalue weighted by atomic mass is 79.9. The van der Waals surface area contributed by atoms with Crippen molar-refractivity contribution < 1.29 is 13.2 Å². The molecule has 7 heteroatoms. The fraction of sp³-hybridized carbons (Fsp3) is 0.0909. The first kappa shape index (κ1) is 12.8. The molecule has 0 aliphatic rings. The van der Waals surface area contributed by atoms with E-state index < -0.39 is 23.0 Å². The Labute approximate surface area is 108 Å². The highest BCUT2D eigenvalue weighted by molar-refractivity contribution is 9.10. The molecule has 0 saturated heterocycles. The van der Waals surface area contributed by atoms with Crippen LogP contribution in [0.1, 0.15) is 5.69 Å². The fourth-order valence-electron chi connectivity index (χ4n) is 1.41. The summed E-state index contributed by atoms with van der Waals surface area (Å²) in [4.78, 5) is 17.2. The summed E-state index contributed by atoms with van der Waals surface area (Å²) in [5.74, 6) is -3.17. The maximum atomic E-state index is 13.3. The molecular weight excluding hydrogens is 313 g/mol. The number of nitrogens with zero attached hydrogens (tertiary/aromatic N) is 1. The van der Waals surface area contributed by atoms with Crippen molar-refractivity contribution in [2.24, 2.45) is 0 Å². The van der Waals surface area contributed by atoms with Gasteiger partial charge in [-0.1, -0.05) is 0 Å². The third-order valence-electron chi connectivity index (χ3n) is 2.32. The van der Waals surface area contributed by atoms with Gasteiger partial charge in [0.15, 0.2) is 11.6 Å². The quantitative estimate of drug-likeness (QED) is 0.822. The van der Waals surface area contributed by atoms with Gasteiger partial charge in [-0.3, -0.25) is 4.79 Å². The Bertz CT molecular complexity index is 685. The monoisotopic (exact) mass is 318 g/mol. The maximum absolute atomic E-state index is 13.3. The predicted molar refractivity (Wildman–Crippen MR) is 62.6 cm³/mol. The molecule has 0 atom stereocenters. The van der Waals surface area contributed by atoms with E-state index >= 15 is 0 Å². The van der Waals surface area contributed by atoms with Gasteiger partial charge >= 0.3 is 0 Å². The molecule has 0 aliphatic heterocycles. The number of hydrogen-bond donors (Lipinski definition) is 1. The summed E-state index contributed by atoms with van der Waals surface area (Å²) >= 11 is 2.86. The van der Waals surface area contributed by atoms with Crippen molar-refractivity contribution in [1.82, 2.24) is 9.97 Å². The first-order valence-corrected chi connectivity index (χ1v) is 5.61. The zero-order valence-corrected chi connectivity index (χ0v) is 10.6. The van der Waals surface area contributed by atoms with Gasteiger partial charge in [0.2, 0.25) is 5.82 Å². The van der Waals surface area contributed by atoms with Crippen molar-refractivity contribution in [2.75, 3.05) is 0 Å². The first-order valence-electron chi connectivity index (χ1n) is 4.82. The van der Waals surface area contributed by atoms with Gasteiger partial charge in [-0.25, -0.2) is 13.8 Å². The van der Waals surface area contributed by atoms with E-state index in [0.29, 0.717) is 0 Å². The summed E-state index contributed by atoms with van der Waals surface area (Å²) in [5, 5.41) is 0. The second-order valence-corrected chi connectivity index (χ2v) is 4.33. The van der Waals surface area contributed by atoms with Crippen LogP contribution in [0.25, 0.3) is 11.4 Å². The Morgan fingerprint density at radius 2 is 1.89 bits per heavy atom. The molecule has 0 amide bonds. The average molecular weight is 319 g/mol. The van der Waals surface area contributed by atoms with Crippen molar-refractivity contribution in [3.8, 4) is 11.4 Å². The van der Waals surface area contributed by atoms with E-state index in [1.54, 1.807) is 0 Å². The summed E-state index contributed by atoms with van der Waals surface area (Å²) in [7, 11) is 0.